The minimum Gasteiger partial charge on any atom is -0.422 e. The van der Waals surface area contributed by atoms with Crippen LogP contribution < -0.4 is 4.74 Å². The lowest BCUT2D eigenvalue weighted by Gasteiger charge is -2.31. The van der Waals surface area contributed by atoms with Crippen LogP contribution in [0.1, 0.15) is 25.0 Å². The first-order valence-corrected chi connectivity index (χ1v) is 13.2. The van der Waals surface area contributed by atoms with E-state index in [0.717, 1.165) is 21.5 Å². The molecule has 0 spiro atoms. The van der Waals surface area contributed by atoms with E-state index in [1.165, 1.54) is 0 Å². The van der Waals surface area contributed by atoms with Gasteiger partial charge in [0.05, 0.1) is 23.2 Å². The van der Waals surface area contributed by atoms with Crippen molar-refractivity contribution in [3.8, 4) is 5.75 Å². The van der Waals surface area contributed by atoms with Crippen molar-refractivity contribution in [1.82, 2.24) is 4.98 Å². The minimum atomic E-state index is -2.58. The summed E-state index contributed by atoms with van der Waals surface area (Å²) < 4.78 is 17.0. The smallest absolute Gasteiger partial charge is 0.343 e. The molecule has 5 rings (SSSR count). The zero-order valence-electron chi connectivity index (χ0n) is 21.7. The van der Waals surface area contributed by atoms with Crippen molar-refractivity contribution in [3.63, 3.8) is 0 Å². The van der Waals surface area contributed by atoms with E-state index in [1.54, 1.807) is 0 Å². The maximum absolute atomic E-state index is 13.6. The normalized spacial score (nSPS) is 23.8. The molecular formula is C29H33NO10. The van der Waals surface area contributed by atoms with Crippen LogP contribution in [0.5, 0.6) is 5.75 Å². The fraction of sp³-hybridized carbons (Fsp3) is 0.414. The summed E-state index contributed by atoms with van der Waals surface area (Å²) in [5.74, 6) is -3.53. The first kappa shape index (κ1) is 28.4. The lowest BCUT2D eigenvalue weighted by atomic mass is 9.97. The number of carbonyl (C=O) groups is 1. The maximum Gasteiger partial charge on any atom is 0.343 e. The molecule has 1 aliphatic rings. The van der Waals surface area contributed by atoms with Crippen LogP contribution in [0.3, 0.4) is 0 Å². The number of carbonyl (C=O) groups excluding carboxylic acids is 1. The molecule has 1 fully saturated rings. The Hall–Kier alpha value is -3.13. The summed E-state index contributed by atoms with van der Waals surface area (Å²) in [5, 5.41) is 65.0. The third kappa shape index (κ3) is 5.06. The third-order valence-electron chi connectivity index (χ3n) is 7.34. The van der Waals surface area contributed by atoms with Gasteiger partial charge in [-0.05, 0) is 59.0 Å². The molecule has 11 heteroatoms. The molecule has 1 saturated heterocycles. The standard InChI is InChI=1S/C29H33NO10/c31-10-3-7-22(34)29(37)27(35)25(38-12-4-11-32)26(40-29)28(36)39-24-21(15-33)30-20-9-8-18-13-16-5-1-2-6-17(16)14-19(18)23(20)24/h1-2,5-6,8-9,13-14,22,25-27,30-35,37H,3-4,7,10-12,15H2. The van der Waals surface area contributed by atoms with E-state index in [1.807, 2.05) is 48.5 Å². The predicted octanol–water partition coefficient (Wildman–Crippen LogP) is 1.22. The Morgan fingerprint density at radius 3 is 2.45 bits per heavy atom. The Balaban J connectivity index is 1.53. The van der Waals surface area contributed by atoms with Crippen molar-refractivity contribution in [2.24, 2.45) is 0 Å². The summed E-state index contributed by atoms with van der Waals surface area (Å²) in [6, 6.07) is 15.5. The van der Waals surface area contributed by atoms with Crippen LogP contribution in [0, 0.1) is 0 Å². The van der Waals surface area contributed by atoms with E-state index in [4.69, 9.17) is 24.4 Å². The molecular weight excluding hydrogens is 522 g/mol. The topological polar surface area (TPSA) is 182 Å². The fourth-order valence-corrected chi connectivity index (χ4v) is 5.27. The van der Waals surface area contributed by atoms with Gasteiger partial charge in [-0.2, -0.15) is 0 Å². The molecule has 0 amide bonds. The number of aromatic nitrogens is 1. The summed E-state index contributed by atoms with van der Waals surface area (Å²) in [6.45, 7) is -1.01. The molecule has 0 saturated carbocycles. The van der Waals surface area contributed by atoms with Gasteiger partial charge >= 0.3 is 5.97 Å². The summed E-state index contributed by atoms with van der Waals surface area (Å²) in [5.41, 5.74) is 0.854. The number of H-pyrrole nitrogens is 1. The largest absolute Gasteiger partial charge is 0.422 e. The molecule has 214 valence electrons. The number of benzene rings is 3. The number of hydrogen-bond donors (Lipinski definition) is 7. The number of nitrogens with one attached hydrogen (secondary N) is 1. The van der Waals surface area contributed by atoms with Crippen molar-refractivity contribution in [2.75, 3.05) is 19.8 Å². The zero-order chi connectivity index (χ0) is 28.4. The van der Waals surface area contributed by atoms with Gasteiger partial charge in [-0.25, -0.2) is 4.79 Å². The van der Waals surface area contributed by atoms with Crippen LogP contribution in [0.15, 0.2) is 48.5 Å². The third-order valence-corrected chi connectivity index (χ3v) is 7.34. The Morgan fingerprint density at radius 1 is 1.02 bits per heavy atom. The summed E-state index contributed by atoms with van der Waals surface area (Å²) in [7, 11) is 0. The Morgan fingerprint density at radius 2 is 1.75 bits per heavy atom. The molecule has 7 N–H and O–H groups in total. The number of fused-ring (bicyclic) bond motifs is 4. The lowest BCUT2D eigenvalue weighted by molar-refractivity contribution is -0.276. The molecule has 5 atom stereocenters. The van der Waals surface area contributed by atoms with Gasteiger partial charge < -0.3 is 49.8 Å². The molecule has 0 radical (unpaired) electrons. The SMILES string of the molecule is O=C(Oc1c(CO)[nH]c2ccc3cc4ccccc4cc3c12)C1OC(O)(C(O)CCCO)C(O)C1OCCCO. The second-order valence-electron chi connectivity index (χ2n) is 9.95. The number of aromatic amines is 1. The molecule has 11 nitrogen and oxygen atoms in total. The molecule has 1 aliphatic heterocycles. The van der Waals surface area contributed by atoms with Crippen LogP contribution in [0.25, 0.3) is 32.4 Å². The van der Waals surface area contributed by atoms with Crippen LogP contribution in [-0.2, 0) is 20.9 Å². The van der Waals surface area contributed by atoms with Gasteiger partial charge in [-0.15, -0.1) is 0 Å². The second-order valence-corrected chi connectivity index (χ2v) is 9.95. The van der Waals surface area contributed by atoms with E-state index >= 15 is 0 Å². The zero-order valence-corrected chi connectivity index (χ0v) is 21.7. The summed E-state index contributed by atoms with van der Waals surface area (Å²) in [6.07, 6.45) is -6.40. The van der Waals surface area contributed by atoms with Crippen molar-refractivity contribution in [1.29, 1.82) is 0 Å². The van der Waals surface area contributed by atoms with Crippen LogP contribution in [0.4, 0.5) is 0 Å². The number of aliphatic hydroxyl groups is 6. The van der Waals surface area contributed by atoms with Crippen molar-refractivity contribution in [2.45, 2.75) is 56.1 Å². The first-order chi connectivity index (χ1) is 19.3. The van der Waals surface area contributed by atoms with Crippen LogP contribution >= 0.6 is 0 Å². The molecule has 40 heavy (non-hydrogen) atoms. The van der Waals surface area contributed by atoms with Crippen LogP contribution in [0.2, 0.25) is 0 Å². The maximum atomic E-state index is 13.6. The van der Waals surface area contributed by atoms with Crippen LogP contribution in [-0.4, -0.2) is 91.6 Å². The van der Waals surface area contributed by atoms with Gasteiger partial charge in [0.25, 0.3) is 0 Å². The monoisotopic (exact) mass is 555 g/mol. The average Bonchev–Trinajstić information content (AvgIpc) is 3.45. The van der Waals surface area contributed by atoms with Crippen molar-refractivity contribution in [3.05, 3.63) is 54.2 Å². The van der Waals surface area contributed by atoms with Crippen molar-refractivity contribution < 1.29 is 49.6 Å². The molecule has 3 aromatic carbocycles. The van der Waals surface area contributed by atoms with Gasteiger partial charge in [-0.3, -0.25) is 0 Å². The van der Waals surface area contributed by atoms with Gasteiger partial charge in [0.15, 0.2) is 11.9 Å². The van der Waals surface area contributed by atoms with Gasteiger partial charge in [0.1, 0.15) is 18.3 Å². The Labute approximate surface area is 229 Å². The van der Waals surface area contributed by atoms with E-state index < -0.39 is 42.8 Å². The number of hydrogen-bond acceptors (Lipinski definition) is 10. The quantitative estimate of drug-likeness (QED) is 0.0807. The van der Waals surface area contributed by atoms with Gasteiger partial charge in [-0.1, -0.05) is 30.3 Å². The van der Waals surface area contributed by atoms with Gasteiger partial charge in [0.2, 0.25) is 5.79 Å². The fourth-order valence-electron chi connectivity index (χ4n) is 5.27. The highest BCUT2D eigenvalue weighted by Crippen LogP contribution is 2.40. The first-order valence-electron chi connectivity index (χ1n) is 13.2. The number of ether oxygens (including phenoxy) is 3. The highest BCUT2D eigenvalue weighted by Gasteiger charge is 2.60. The molecule has 2 heterocycles. The second kappa shape index (κ2) is 11.8. The molecule has 1 aromatic heterocycles. The van der Waals surface area contributed by atoms with Crippen molar-refractivity contribution >= 4 is 38.4 Å². The Bertz CT molecular complexity index is 1500. The highest BCUT2D eigenvalue weighted by atomic mass is 16.7. The van der Waals surface area contributed by atoms with E-state index in [0.29, 0.717) is 10.9 Å². The van der Waals surface area contributed by atoms with E-state index in [9.17, 15) is 25.2 Å². The molecule has 4 aromatic rings. The lowest BCUT2D eigenvalue weighted by Crippen LogP contribution is -2.52. The van der Waals surface area contributed by atoms with E-state index in [-0.39, 0.29) is 50.5 Å². The van der Waals surface area contributed by atoms with Gasteiger partial charge in [0, 0.05) is 19.8 Å². The summed E-state index contributed by atoms with van der Waals surface area (Å²) >= 11 is 0. The highest BCUT2D eigenvalue weighted by molar-refractivity contribution is 6.14. The minimum absolute atomic E-state index is 0.0619. The number of aliphatic hydroxyl groups excluding tert-OH is 5. The van der Waals surface area contributed by atoms with E-state index in [2.05, 4.69) is 4.98 Å². The number of esters is 1. The molecule has 0 aliphatic carbocycles. The average molecular weight is 556 g/mol. The molecule has 0 bridgehead atoms. The summed E-state index contributed by atoms with van der Waals surface area (Å²) in [4.78, 5) is 16.7. The molecule has 5 unspecified atom stereocenters. The Kier molecular flexibility index (Phi) is 8.36. The number of rotatable bonds is 11. The predicted molar refractivity (Wildman–Crippen MR) is 144 cm³/mol.